The van der Waals surface area contributed by atoms with E-state index in [1.54, 1.807) is 5.57 Å². The number of aliphatic hydroxyl groups is 1. The number of thioether (sulfide) groups is 1. The van der Waals surface area contributed by atoms with Gasteiger partial charge in [-0.05, 0) is 88.4 Å². The first-order valence-corrected chi connectivity index (χ1v) is 13.0. The molecule has 0 aromatic carbocycles. The SMILES string of the molecule is CC1=C(C2CCC(C)CC2)CC(C2SC(C)CC[C@]2(O)C2CCCC2)CC1. The van der Waals surface area contributed by atoms with Crippen molar-refractivity contribution in [3.8, 4) is 0 Å². The first kappa shape index (κ1) is 20.3. The molecule has 1 nitrogen and oxygen atoms in total. The summed E-state index contributed by atoms with van der Waals surface area (Å²) in [6.45, 7) is 7.26. The van der Waals surface area contributed by atoms with Crippen molar-refractivity contribution < 1.29 is 5.11 Å². The number of hydrogen-bond acceptors (Lipinski definition) is 2. The summed E-state index contributed by atoms with van der Waals surface area (Å²) in [6.07, 6.45) is 17.1. The van der Waals surface area contributed by atoms with Crippen LogP contribution < -0.4 is 0 Å². The molecule has 3 unspecified atom stereocenters. The van der Waals surface area contributed by atoms with Crippen molar-refractivity contribution >= 4 is 11.8 Å². The quantitative estimate of drug-likeness (QED) is 0.517. The Balaban J connectivity index is 1.52. The van der Waals surface area contributed by atoms with Crippen LogP contribution in [0.3, 0.4) is 0 Å². The fraction of sp³-hybridized carbons (Fsp3) is 0.920. The third-order valence-electron chi connectivity index (χ3n) is 8.74. The van der Waals surface area contributed by atoms with Gasteiger partial charge in [-0.1, -0.05) is 50.7 Å². The normalized spacial score (nSPS) is 44.7. The summed E-state index contributed by atoms with van der Waals surface area (Å²) in [4.78, 5) is 0. The van der Waals surface area contributed by atoms with Gasteiger partial charge in [0.2, 0.25) is 0 Å². The predicted octanol–water partition coefficient (Wildman–Crippen LogP) is 7.13. The zero-order valence-electron chi connectivity index (χ0n) is 18.0. The van der Waals surface area contributed by atoms with Gasteiger partial charge in [-0.2, -0.15) is 11.8 Å². The van der Waals surface area contributed by atoms with Gasteiger partial charge in [-0.25, -0.2) is 0 Å². The molecule has 4 aliphatic rings. The lowest BCUT2D eigenvalue weighted by Crippen LogP contribution is -2.53. The van der Waals surface area contributed by atoms with Crippen LogP contribution in [0.1, 0.15) is 104 Å². The first-order chi connectivity index (χ1) is 13.0. The van der Waals surface area contributed by atoms with E-state index in [9.17, 15) is 5.11 Å². The lowest BCUT2D eigenvalue weighted by atomic mass is 9.67. The van der Waals surface area contributed by atoms with E-state index in [1.165, 1.54) is 77.0 Å². The number of rotatable bonds is 3. The van der Waals surface area contributed by atoms with Gasteiger partial charge in [0.1, 0.15) is 0 Å². The maximum Gasteiger partial charge on any atom is 0.0797 e. The van der Waals surface area contributed by atoms with E-state index in [0.717, 1.165) is 23.5 Å². The summed E-state index contributed by atoms with van der Waals surface area (Å²) in [7, 11) is 0. The number of allylic oxidation sites excluding steroid dienone is 2. The fourth-order valence-electron chi connectivity index (χ4n) is 6.90. The highest BCUT2D eigenvalue weighted by Gasteiger charge is 2.51. The van der Waals surface area contributed by atoms with Gasteiger partial charge in [-0.15, -0.1) is 0 Å². The van der Waals surface area contributed by atoms with Gasteiger partial charge in [0.05, 0.1) is 5.60 Å². The van der Waals surface area contributed by atoms with Gasteiger partial charge < -0.3 is 5.11 Å². The standard InChI is InChI=1S/C25H42OS/c1-17-8-11-20(12-9-17)23-16-21(13-10-18(23)2)24-25(26,15-14-19(3)27-24)22-6-4-5-7-22/h17,19-22,24,26H,4-16H2,1-3H3/t17?,19?,20?,21?,24?,25-/m0/s1. The van der Waals surface area contributed by atoms with Crippen molar-refractivity contribution in [1.82, 2.24) is 0 Å². The Morgan fingerprint density at radius 1 is 0.926 bits per heavy atom. The van der Waals surface area contributed by atoms with Crippen molar-refractivity contribution in [3.63, 3.8) is 0 Å². The van der Waals surface area contributed by atoms with Crippen LogP contribution in [-0.2, 0) is 0 Å². The Labute approximate surface area is 172 Å². The van der Waals surface area contributed by atoms with Crippen LogP contribution in [0, 0.1) is 23.7 Å². The largest absolute Gasteiger partial charge is 0.388 e. The molecule has 0 spiro atoms. The van der Waals surface area contributed by atoms with Crippen LogP contribution in [-0.4, -0.2) is 21.2 Å². The van der Waals surface area contributed by atoms with Gasteiger partial charge in [0.15, 0.2) is 0 Å². The molecule has 0 aromatic heterocycles. The predicted molar refractivity (Wildman–Crippen MR) is 118 cm³/mol. The fourth-order valence-corrected chi connectivity index (χ4v) is 8.65. The lowest BCUT2D eigenvalue weighted by Gasteiger charge is -2.50. The van der Waals surface area contributed by atoms with E-state index in [1.807, 2.05) is 5.57 Å². The Morgan fingerprint density at radius 3 is 2.33 bits per heavy atom. The van der Waals surface area contributed by atoms with E-state index >= 15 is 0 Å². The highest BCUT2D eigenvalue weighted by Crippen LogP contribution is 2.53. The highest BCUT2D eigenvalue weighted by atomic mass is 32.2. The zero-order chi connectivity index (χ0) is 19.0. The van der Waals surface area contributed by atoms with Crippen molar-refractivity contribution in [2.75, 3.05) is 0 Å². The van der Waals surface area contributed by atoms with E-state index in [2.05, 4.69) is 32.5 Å². The average molecular weight is 391 g/mol. The molecule has 3 aliphatic carbocycles. The first-order valence-electron chi connectivity index (χ1n) is 12.0. The molecule has 0 amide bonds. The molecule has 27 heavy (non-hydrogen) atoms. The van der Waals surface area contributed by atoms with E-state index in [4.69, 9.17) is 0 Å². The highest BCUT2D eigenvalue weighted by molar-refractivity contribution is 8.00. The molecule has 0 aromatic rings. The summed E-state index contributed by atoms with van der Waals surface area (Å²) < 4.78 is 0. The minimum atomic E-state index is -0.379. The number of hydrogen-bond donors (Lipinski definition) is 1. The molecule has 2 saturated carbocycles. The summed E-state index contributed by atoms with van der Waals surface area (Å²) >= 11 is 2.16. The Hall–Kier alpha value is 0.0500. The van der Waals surface area contributed by atoms with Crippen LogP contribution in [0.25, 0.3) is 0 Å². The van der Waals surface area contributed by atoms with E-state index in [0.29, 0.717) is 17.1 Å². The molecule has 4 atom stereocenters. The van der Waals surface area contributed by atoms with Crippen molar-refractivity contribution in [2.45, 2.75) is 120 Å². The van der Waals surface area contributed by atoms with Gasteiger partial charge in [0.25, 0.3) is 0 Å². The minimum absolute atomic E-state index is 0.379. The topological polar surface area (TPSA) is 20.2 Å². The molecular formula is C25H42OS. The lowest BCUT2D eigenvalue weighted by molar-refractivity contribution is -0.0445. The van der Waals surface area contributed by atoms with E-state index in [-0.39, 0.29) is 5.60 Å². The maximum absolute atomic E-state index is 12.0. The van der Waals surface area contributed by atoms with Crippen molar-refractivity contribution in [1.29, 1.82) is 0 Å². The molecule has 3 fully saturated rings. The van der Waals surface area contributed by atoms with Crippen LogP contribution >= 0.6 is 11.8 Å². The molecule has 1 saturated heterocycles. The molecule has 4 rings (SSSR count). The summed E-state index contributed by atoms with van der Waals surface area (Å²) in [5, 5.41) is 13.2. The molecule has 154 valence electrons. The summed E-state index contributed by atoms with van der Waals surface area (Å²) in [6, 6.07) is 0. The van der Waals surface area contributed by atoms with Gasteiger partial charge in [-0.3, -0.25) is 0 Å². The third-order valence-corrected chi connectivity index (χ3v) is 10.5. The molecular weight excluding hydrogens is 348 g/mol. The zero-order valence-corrected chi connectivity index (χ0v) is 18.8. The maximum atomic E-state index is 12.0. The smallest absolute Gasteiger partial charge is 0.0797 e. The van der Waals surface area contributed by atoms with Gasteiger partial charge in [0, 0.05) is 10.5 Å². The molecule has 1 aliphatic heterocycles. The Bertz CT molecular complexity index is 541. The Kier molecular flexibility index (Phi) is 6.34. The van der Waals surface area contributed by atoms with Crippen LogP contribution in [0.4, 0.5) is 0 Å². The summed E-state index contributed by atoms with van der Waals surface area (Å²) in [5.74, 6) is 3.08. The van der Waals surface area contributed by atoms with Crippen LogP contribution in [0.2, 0.25) is 0 Å². The molecule has 1 heterocycles. The van der Waals surface area contributed by atoms with Crippen molar-refractivity contribution in [3.05, 3.63) is 11.1 Å². The summed E-state index contributed by atoms with van der Waals surface area (Å²) in [5.41, 5.74) is 3.16. The third kappa shape index (κ3) is 4.18. The second-order valence-corrected chi connectivity index (χ2v) is 12.2. The molecule has 0 bridgehead atoms. The molecule has 0 radical (unpaired) electrons. The van der Waals surface area contributed by atoms with Crippen LogP contribution in [0.5, 0.6) is 0 Å². The molecule has 1 N–H and O–H groups in total. The minimum Gasteiger partial charge on any atom is -0.388 e. The monoisotopic (exact) mass is 390 g/mol. The van der Waals surface area contributed by atoms with Crippen LogP contribution in [0.15, 0.2) is 11.1 Å². The second-order valence-electron chi connectivity index (χ2n) is 10.6. The second kappa shape index (κ2) is 8.42. The Morgan fingerprint density at radius 2 is 1.63 bits per heavy atom. The van der Waals surface area contributed by atoms with Gasteiger partial charge >= 0.3 is 0 Å². The molecule has 2 heteroatoms. The van der Waals surface area contributed by atoms with Crippen molar-refractivity contribution in [2.24, 2.45) is 23.7 Å². The average Bonchev–Trinajstić information content (AvgIpc) is 3.21. The van der Waals surface area contributed by atoms with E-state index < -0.39 is 0 Å².